The number of nitrogens with zero attached hydrogens (tertiary/aromatic N) is 4. The third kappa shape index (κ3) is 6.72. The number of carbonyl (C=O) groups excluding carboxylic acids is 1. The third-order valence-electron chi connectivity index (χ3n) is 5.65. The van der Waals surface area contributed by atoms with E-state index >= 15 is 0 Å². The number of nitrogens with one attached hydrogen (secondary N) is 1. The van der Waals surface area contributed by atoms with Crippen molar-refractivity contribution in [1.29, 1.82) is 0 Å². The van der Waals surface area contributed by atoms with E-state index in [9.17, 15) is 14.0 Å². The zero-order valence-electron chi connectivity index (χ0n) is 19.1. The lowest BCUT2D eigenvalue weighted by molar-refractivity contribution is 0.130. The van der Waals surface area contributed by atoms with Crippen molar-refractivity contribution in [2.45, 2.75) is 13.0 Å². The van der Waals surface area contributed by atoms with Crippen molar-refractivity contribution in [3.8, 4) is 10.6 Å². The summed E-state index contributed by atoms with van der Waals surface area (Å²) in [4.78, 5) is 29.0. The first-order valence-corrected chi connectivity index (χ1v) is 12.1. The lowest BCUT2D eigenvalue weighted by atomic mass is 10.2. The molecule has 1 N–H and O–H groups in total. The summed E-state index contributed by atoms with van der Waals surface area (Å²) in [6.07, 6.45) is 0.292. The van der Waals surface area contributed by atoms with Gasteiger partial charge in [-0.15, -0.1) is 0 Å². The van der Waals surface area contributed by atoms with Gasteiger partial charge in [-0.2, -0.15) is 5.10 Å². The van der Waals surface area contributed by atoms with Crippen LogP contribution in [0.25, 0.3) is 10.6 Å². The summed E-state index contributed by atoms with van der Waals surface area (Å²) in [6, 6.07) is 13.1. The van der Waals surface area contributed by atoms with Crippen LogP contribution in [0.3, 0.4) is 0 Å². The van der Waals surface area contributed by atoms with Crippen LogP contribution in [0, 0.1) is 5.82 Å². The molecule has 0 aliphatic carbocycles. The fourth-order valence-corrected chi connectivity index (χ4v) is 4.48. The van der Waals surface area contributed by atoms with Crippen LogP contribution in [-0.4, -0.2) is 72.1 Å². The number of ether oxygens (including phenoxy) is 1. The molecule has 8 nitrogen and oxygen atoms in total. The van der Waals surface area contributed by atoms with Gasteiger partial charge in [0.05, 0.1) is 13.2 Å². The molecule has 1 aliphatic rings. The van der Waals surface area contributed by atoms with Crippen molar-refractivity contribution < 1.29 is 13.9 Å². The van der Waals surface area contributed by atoms with Crippen molar-refractivity contribution in [2.75, 3.05) is 51.7 Å². The van der Waals surface area contributed by atoms with Gasteiger partial charge < -0.3 is 14.5 Å². The first-order valence-electron chi connectivity index (χ1n) is 11.2. The summed E-state index contributed by atoms with van der Waals surface area (Å²) >= 11 is 1.01. The van der Waals surface area contributed by atoms with E-state index < -0.39 is 6.09 Å². The summed E-state index contributed by atoms with van der Waals surface area (Å²) in [5.74, 6) is -0.339. The molecule has 1 aliphatic heterocycles. The van der Waals surface area contributed by atoms with E-state index in [1.807, 2.05) is 6.07 Å². The molecule has 10 heteroatoms. The molecule has 0 saturated carbocycles. The summed E-state index contributed by atoms with van der Waals surface area (Å²) in [5.41, 5.74) is 2.09. The molecule has 1 amide bonds. The monoisotopic (exact) mass is 485 g/mol. The molecule has 0 unspecified atom stereocenters. The lowest BCUT2D eigenvalue weighted by Gasteiger charge is -2.32. The average molecular weight is 486 g/mol. The minimum atomic E-state index is -0.500. The van der Waals surface area contributed by atoms with Gasteiger partial charge in [-0.05, 0) is 55.4 Å². The Labute approximate surface area is 201 Å². The number of halogens is 1. The van der Waals surface area contributed by atoms with Gasteiger partial charge in [-0.1, -0.05) is 23.5 Å². The topological polar surface area (TPSA) is 79.7 Å². The van der Waals surface area contributed by atoms with Gasteiger partial charge in [0.1, 0.15) is 10.8 Å². The van der Waals surface area contributed by atoms with Crippen molar-refractivity contribution in [1.82, 2.24) is 19.6 Å². The van der Waals surface area contributed by atoms with Crippen molar-refractivity contribution in [3.63, 3.8) is 0 Å². The molecular formula is C24H28FN5O3S. The van der Waals surface area contributed by atoms with Crippen LogP contribution in [0.2, 0.25) is 0 Å². The maximum Gasteiger partial charge on any atom is 0.411 e. The quantitative estimate of drug-likeness (QED) is 0.493. The molecule has 34 heavy (non-hydrogen) atoms. The van der Waals surface area contributed by atoms with Crippen LogP contribution >= 0.6 is 11.3 Å². The Morgan fingerprint density at radius 3 is 2.68 bits per heavy atom. The molecule has 0 bridgehead atoms. The predicted octanol–water partition coefficient (Wildman–Crippen LogP) is 3.35. The number of aromatic nitrogens is 2. The number of anilines is 1. The van der Waals surface area contributed by atoms with Gasteiger partial charge in [0.2, 0.25) is 0 Å². The summed E-state index contributed by atoms with van der Waals surface area (Å²) in [6.45, 7) is 5.76. The van der Waals surface area contributed by atoms with Crippen LogP contribution in [0.5, 0.6) is 0 Å². The Kier molecular flexibility index (Phi) is 8.04. The molecule has 1 aromatic heterocycles. The zero-order valence-corrected chi connectivity index (χ0v) is 19.9. The Balaban J connectivity index is 1.27. The number of piperazine rings is 1. The molecule has 2 heterocycles. The van der Waals surface area contributed by atoms with Gasteiger partial charge in [-0.25, -0.2) is 13.9 Å². The van der Waals surface area contributed by atoms with Crippen LogP contribution in [-0.2, 0) is 11.3 Å². The van der Waals surface area contributed by atoms with Crippen LogP contribution in [0.1, 0.15) is 12.0 Å². The molecule has 0 atom stereocenters. The summed E-state index contributed by atoms with van der Waals surface area (Å²) in [5, 5.41) is 7.64. The van der Waals surface area contributed by atoms with Crippen LogP contribution in [0.15, 0.2) is 53.3 Å². The van der Waals surface area contributed by atoms with E-state index in [-0.39, 0.29) is 17.2 Å². The molecule has 1 saturated heterocycles. The minimum absolute atomic E-state index is 0.211. The van der Waals surface area contributed by atoms with Crippen LogP contribution < -0.4 is 10.2 Å². The number of carbonyl (C=O) groups is 1. The molecule has 2 aromatic carbocycles. The SMILES string of the molecule is CN1CCN(CCCOC(=O)Nc2cccc(Cn3nc(-c4ccc(F)cc4)sc3=O)c2)CC1. The predicted molar refractivity (Wildman–Crippen MR) is 131 cm³/mol. The van der Waals surface area contributed by atoms with Crippen molar-refractivity contribution in [2.24, 2.45) is 0 Å². The maximum atomic E-state index is 13.2. The second kappa shape index (κ2) is 11.4. The summed E-state index contributed by atoms with van der Waals surface area (Å²) < 4.78 is 19.8. The molecular weight excluding hydrogens is 457 g/mol. The molecule has 4 rings (SSSR count). The normalized spacial score (nSPS) is 14.8. The van der Waals surface area contributed by atoms with E-state index in [1.165, 1.54) is 16.8 Å². The van der Waals surface area contributed by atoms with Gasteiger partial charge in [0, 0.05) is 44.0 Å². The van der Waals surface area contributed by atoms with Gasteiger partial charge >= 0.3 is 11.0 Å². The molecule has 3 aromatic rings. The highest BCUT2D eigenvalue weighted by Crippen LogP contribution is 2.20. The standard InChI is InChI=1S/C24H28FN5O3S/c1-28-11-13-29(14-12-28)10-3-15-33-23(31)26-21-5-2-4-18(16-21)17-30-24(32)34-22(27-30)19-6-8-20(25)9-7-19/h2,4-9,16H,3,10-15,17H2,1H3,(H,26,31). The van der Waals surface area contributed by atoms with Gasteiger partial charge in [-0.3, -0.25) is 10.1 Å². The Morgan fingerprint density at radius 2 is 1.91 bits per heavy atom. The number of hydrogen-bond acceptors (Lipinski definition) is 7. The first kappa shape index (κ1) is 24.1. The highest BCUT2D eigenvalue weighted by Gasteiger charge is 2.14. The third-order valence-corrected chi connectivity index (χ3v) is 6.55. The number of likely N-dealkylation sites (N-methyl/N-ethyl adjacent to an activating group) is 1. The summed E-state index contributed by atoms with van der Waals surface area (Å²) in [7, 11) is 2.13. The minimum Gasteiger partial charge on any atom is -0.449 e. The second-order valence-electron chi connectivity index (χ2n) is 8.30. The fourth-order valence-electron chi connectivity index (χ4n) is 3.71. The molecule has 1 fully saturated rings. The average Bonchev–Trinajstić information content (AvgIpc) is 3.18. The Bertz CT molecular complexity index is 1160. The number of benzene rings is 2. The van der Waals surface area contributed by atoms with Crippen LogP contribution in [0.4, 0.5) is 14.9 Å². The number of amides is 1. The first-order chi connectivity index (χ1) is 16.5. The van der Waals surface area contributed by atoms with E-state index in [0.717, 1.165) is 56.0 Å². The highest BCUT2D eigenvalue weighted by atomic mass is 32.1. The van der Waals surface area contributed by atoms with E-state index in [0.29, 0.717) is 22.9 Å². The largest absolute Gasteiger partial charge is 0.449 e. The lowest BCUT2D eigenvalue weighted by Crippen LogP contribution is -2.44. The zero-order chi connectivity index (χ0) is 23.9. The molecule has 0 spiro atoms. The smallest absolute Gasteiger partial charge is 0.411 e. The van der Waals surface area contributed by atoms with Crippen molar-refractivity contribution in [3.05, 3.63) is 69.6 Å². The fraction of sp³-hybridized carbons (Fsp3) is 0.375. The van der Waals surface area contributed by atoms with Gasteiger partial charge in [0.15, 0.2) is 0 Å². The number of rotatable bonds is 8. The molecule has 180 valence electrons. The van der Waals surface area contributed by atoms with E-state index in [4.69, 9.17) is 4.74 Å². The maximum absolute atomic E-state index is 13.2. The number of hydrogen-bond donors (Lipinski definition) is 1. The van der Waals surface area contributed by atoms with E-state index in [2.05, 4.69) is 27.3 Å². The van der Waals surface area contributed by atoms with Gasteiger partial charge in [0.25, 0.3) is 0 Å². The Morgan fingerprint density at radius 1 is 1.15 bits per heavy atom. The van der Waals surface area contributed by atoms with Crippen molar-refractivity contribution >= 4 is 23.1 Å². The Hall–Kier alpha value is -3.08. The highest BCUT2D eigenvalue weighted by molar-refractivity contribution is 7.12. The van der Waals surface area contributed by atoms with E-state index in [1.54, 1.807) is 30.3 Å². The molecule has 0 radical (unpaired) electrons. The second-order valence-corrected chi connectivity index (χ2v) is 9.24.